The van der Waals surface area contributed by atoms with E-state index in [-0.39, 0.29) is 0 Å². The van der Waals surface area contributed by atoms with Crippen molar-refractivity contribution >= 4 is 11.7 Å². The molecule has 0 bridgehead atoms. The van der Waals surface area contributed by atoms with E-state index in [1.165, 1.54) is 0 Å². The van der Waals surface area contributed by atoms with Crippen molar-refractivity contribution in [3.8, 4) is 6.07 Å². The average molecular weight is 272 g/mol. The molecule has 0 saturated heterocycles. The number of carbonyl (C=O) groups is 1. The number of nitrogens with zero attached hydrogens (tertiary/aromatic N) is 1. The molecule has 0 unspecified atom stereocenters. The van der Waals surface area contributed by atoms with Gasteiger partial charge in [-0.05, 0) is 37.5 Å². The third-order valence-corrected chi connectivity index (χ3v) is 4.18. The Bertz CT molecular complexity index is 540. The summed E-state index contributed by atoms with van der Waals surface area (Å²) in [6.45, 7) is 2.32. The van der Waals surface area contributed by atoms with E-state index >= 15 is 0 Å². The van der Waals surface area contributed by atoms with E-state index in [1.807, 2.05) is 25.1 Å². The van der Waals surface area contributed by atoms with Crippen molar-refractivity contribution in [2.75, 3.05) is 11.9 Å². The quantitative estimate of drug-likeness (QED) is 0.882. The Labute approximate surface area is 119 Å². The van der Waals surface area contributed by atoms with E-state index in [0.29, 0.717) is 24.9 Å². The molecule has 1 aliphatic carbocycles. The minimum absolute atomic E-state index is 0.389. The van der Waals surface area contributed by atoms with Gasteiger partial charge in [0.25, 0.3) is 0 Å². The summed E-state index contributed by atoms with van der Waals surface area (Å²) in [6.07, 6.45) is 4.47. The van der Waals surface area contributed by atoms with Crippen LogP contribution in [0.25, 0.3) is 0 Å². The monoisotopic (exact) mass is 272 g/mol. The van der Waals surface area contributed by atoms with E-state index in [0.717, 1.165) is 30.5 Å². The Morgan fingerprint density at radius 3 is 2.70 bits per heavy atom. The lowest BCUT2D eigenvalue weighted by atomic mass is 9.74. The maximum atomic E-state index is 11.6. The number of nitrogens with one attached hydrogen (secondary N) is 1. The summed E-state index contributed by atoms with van der Waals surface area (Å²) < 4.78 is 0. The molecular formula is C16H20N2O2. The van der Waals surface area contributed by atoms with Gasteiger partial charge in [-0.15, -0.1) is 0 Å². The zero-order valence-electron chi connectivity index (χ0n) is 11.8. The molecule has 1 saturated carbocycles. The third-order valence-electron chi connectivity index (χ3n) is 4.18. The minimum Gasteiger partial charge on any atom is -0.481 e. The summed E-state index contributed by atoms with van der Waals surface area (Å²) >= 11 is 0. The molecule has 0 radical (unpaired) electrons. The van der Waals surface area contributed by atoms with Gasteiger partial charge in [0, 0.05) is 6.54 Å². The van der Waals surface area contributed by atoms with Crippen molar-refractivity contribution < 1.29 is 9.90 Å². The van der Waals surface area contributed by atoms with Crippen LogP contribution in [0.1, 0.15) is 43.2 Å². The molecule has 0 aliphatic heterocycles. The lowest BCUT2D eigenvalue weighted by molar-refractivity contribution is -0.150. The average Bonchev–Trinajstić information content (AvgIpc) is 2.46. The fourth-order valence-corrected chi connectivity index (χ4v) is 2.86. The van der Waals surface area contributed by atoms with Gasteiger partial charge in [0.15, 0.2) is 0 Å². The molecule has 4 nitrogen and oxygen atoms in total. The second-order valence-electron chi connectivity index (χ2n) is 5.66. The third kappa shape index (κ3) is 2.93. The van der Waals surface area contributed by atoms with Gasteiger partial charge in [0.05, 0.1) is 16.7 Å². The molecule has 0 amide bonds. The molecule has 0 aromatic heterocycles. The van der Waals surface area contributed by atoms with Gasteiger partial charge in [-0.1, -0.05) is 25.3 Å². The zero-order valence-corrected chi connectivity index (χ0v) is 11.8. The van der Waals surface area contributed by atoms with Gasteiger partial charge in [-0.25, -0.2) is 0 Å². The summed E-state index contributed by atoms with van der Waals surface area (Å²) in [7, 11) is 0. The largest absolute Gasteiger partial charge is 0.481 e. The number of rotatable bonds is 4. The van der Waals surface area contributed by atoms with Gasteiger partial charge in [-0.3, -0.25) is 4.79 Å². The van der Waals surface area contributed by atoms with Crippen molar-refractivity contribution in [3.05, 3.63) is 29.3 Å². The first-order valence-electron chi connectivity index (χ1n) is 7.05. The van der Waals surface area contributed by atoms with Crippen LogP contribution in [0.3, 0.4) is 0 Å². The molecule has 1 fully saturated rings. The topological polar surface area (TPSA) is 73.1 Å². The van der Waals surface area contributed by atoms with Crippen molar-refractivity contribution in [3.63, 3.8) is 0 Å². The lowest BCUT2D eigenvalue weighted by Crippen LogP contribution is -2.39. The van der Waals surface area contributed by atoms with Gasteiger partial charge in [0.2, 0.25) is 0 Å². The number of nitriles is 1. The number of hydrogen-bond donors (Lipinski definition) is 2. The standard InChI is InChI=1S/C16H20N2O2/c1-12-5-6-14(13(9-12)10-17)18-11-16(15(19)20)7-3-2-4-8-16/h5-6,9,18H,2-4,7-8,11H2,1H3,(H,19,20). The van der Waals surface area contributed by atoms with E-state index in [4.69, 9.17) is 5.26 Å². The number of carboxylic acid groups (broad SMARTS) is 1. The van der Waals surface area contributed by atoms with Gasteiger partial charge >= 0.3 is 5.97 Å². The molecule has 4 heteroatoms. The van der Waals surface area contributed by atoms with Crippen molar-refractivity contribution in [1.82, 2.24) is 0 Å². The predicted octanol–water partition coefficient (Wildman–Crippen LogP) is 3.31. The Kier molecular flexibility index (Phi) is 4.29. The highest BCUT2D eigenvalue weighted by molar-refractivity contribution is 5.76. The summed E-state index contributed by atoms with van der Waals surface area (Å²) in [5.41, 5.74) is 1.64. The molecule has 1 aliphatic rings. The first kappa shape index (κ1) is 14.4. The number of aliphatic carboxylic acids is 1. The molecule has 0 atom stereocenters. The highest BCUT2D eigenvalue weighted by Crippen LogP contribution is 2.37. The molecule has 0 spiro atoms. The predicted molar refractivity (Wildman–Crippen MR) is 77.5 cm³/mol. The van der Waals surface area contributed by atoms with Crippen LogP contribution in [0.5, 0.6) is 0 Å². The molecule has 1 aromatic rings. The number of carboxylic acids is 1. The van der Waals surface area contributed by atoms with Crippen LogP contribution < -0.4 is 5.32 Å². The Balaban J connectivity index is 2.14. The Morgan fingerprint density at radius 2 is 2.10 bits per heavy atom. The molecular weight excluding hydrogens is 252 g/mol. The molecule has 0 heterocycles. The summed E-state index contributed by atoms with van der Waals surface area (Å²) in [5.74, 6) is -0.727. The van der Waals surface area contributed by atoms with Crippen LogP contribution >= 0.6 is 0 Å². The fourth-order valence-electron chi connectivity index (χ4n) is 2.86. The molecule has 2 N–H and O–H groups in total. The van der Waals surface area contributed by atoms with Crippen molar-refractivity contribution in [1.29, 1.82) is 5.26 Å². The maximum Gasteiger partial charge on any atom is 0.311 e. The van der Waals surface area contributed by atoms with Crippen LogP contribution in [0, 0.1) is 23.7 Å². The van der Waals surface area contributed by atoms with Crippen LogP contribution in [0.2, 0.25) is 0 Å². The molecule has 2 rings (SSSR count). The van der Waals surface area contributed by atoms with Crippen LogP contribution in [0.4, 0.5) is 5.69 Å². The minimum atomic E-state index is -0.727. The van der Waals surface area contributed by atoms with Crippen molar-refractivity contribution in [2.24, 2.45) is 5.41 Å². The highest BCUT2D eigenvalue weighted by Gasteiger charge is 2.39. The van der Waals surface area contributed by atoms with E-state index in [2.05, 4.69) is 11.4 Å². The summed E-state index contributed by atoms with van der Waals surface area (Å²) in [6, 6.07) is 7.75. The smallest absolute Gasteiger partial charge is 0.311 e. The highest BCUT2D eigenvalue weighted by atomic mass is 16.4. The molecule has 1 aromatic carbocycles. The lowest BCUT2D eigenvalue weighted by Gasteiger charge is -2.33. The maximum absolute atomic E-state index is 11.6. The normalized spacial score (nSPS) is 17.2. The Hall–Kier alpha value is -2.02. The van der Waals surface area contributed by atoms with Crippen LogP contribution in [-0.2, 0) is 4.79 Å². The first-order valence-corrected chi connectivity index (χ1v) is 7.05. The number of aryl methyl sites for hydroxylation is 1. The summed E-state index contributed by atoms with van der Waals surface area (Å²) in [4.78, 5) is 11.6. The van der Waals surface area contributed by atoms with E-state index in [9.17, 15) is 9.90 Å². The van der Waals surface area contributed by atoms with E-state index in [1.54, 1.807) is 0 Å². The summed E-state index contributed by atoms with van der Waals surface area (Å²) in [5, 5.41) is 21.9. The fraction of sp³-hybridized carbons (Fsp3) is 0.500. The molecule has 20 heavy (non-hydrogen) atoms. The van der Waals surface area contributed by atoms with Crippen molar-refractivity contribution in [2.45, 2.75) is 39.0 Å². The van der Waals surface area contributed by atoms with Crippen LogP contribution in [0.15, 0.2) is 18.2 Å². The second kappa shape index (κ2) is 5.96. The number of anilines is 1. The molecule has 106 valence electrons. The number of benzene rings is 1. The Morgan fingerprint density at radius 1 is 1.40 bits per heavy atom. The van der Waals surface area contributed by atoms with Gasteiger partial charge < -0.3 is 10.4 Å². The second-order valence-corrected chi connectivity index (χ2v) is 5.66. The SMILES string of the molecule is Cc1ccc(NCC2(C(=O)O)CCCCC2)c(C#N)c1. The van der Waals surface area contributed by atoms with Gasteiger partial charge in [0.1, 0.15) is 6.07 Å². The van der Waals surface area contributed by atoms with E-state index < -0.39 is 11.4 Å². The van der Waals surface area contributed by atoms with Gasteiger partial charge in [-0.2, -0.15) is 5.26 Å². The number of hydrogen-bond acceptors (Lipinski definition) is 3. The zero-order chi connectivity index (χ0) is 14.6. The van der Waals surface area contributed by atoms with Crippen LogP contribution in [-0.4, -0.2) is 17.6 Å². The first-order chi connectivity index (χ1) is 9.57.